The van der Waals surface area contributed by atoms with Crippen LogP contribution in [0.3, 0.4) is 0 Å². The SMILES string of the molecule is CCNC(=NCC(C)(O)c1ccco1)N(C)Cc1cnn(C)c1.I. The molecule has 2 heterocycles. The Kier molecular flexibility index (Phi) is 7.74. The fraction of sp³-hybridized carbons (Fsp3) is 0.500. The van der Waals surface area contributed by atoms with Gasteiger partial charge in [-0.25, -0.2) is 4.99 Å². The molecule has 0 bridgehead atoms. The summed E-state index contributed by atoms with van der Waals surface area (Å²) in [6.45, 7) is 5.35. The predicted octanol–water partition coefficient (Wildman–Crippen LogP) is 1.94. The Morgan fingerprint density at radius 1 is 1.54 bits per heavy atom. The minimum atomic E-state index is -1.14. The van der Waals surface area contributed by atoms with Crippen molar-refractivity contribution in [3.63, 3.8) is 0 Å². The zero-order chi connectivity index (χ0) is 16.9. The van der Waals surface area contributed by atoms with Crippen LogP contribution < -0.4 is 5.32 Å². The van der Waals surface area contributed by atoms with Crippen molar-refractivity contribution in [1.29, 1.82) is 0 Å². The van der Waals surface area contributed by atoms with Crippen molar-refractivity contribution >= 4 is 29.9 Å². The molecule has 134 valence electrons. The highest BCUT2D eigenvalue weighted by Crippen LogP contribution is 2.21. The number of halogens is 1. The van der Waals surface area contributed by atoms with Crippen LogP contribution in [-0.2, 0) is 19.2 Å². The number of aromatic nitrogens is 2. The van der Waals surface area contributed by atoms with Crippen molar-refractivity contribution in [1.82, 2.24) is 20.0 Å². The van der Waals surface area contributed by atoms with Crippen molar-refractivity contribution in [2.24, 2.45) is 12.0 Å². The molecule has 1 atom stereocenters. The van der Waals surface area contributed by atoms with E-state index in [4.69, 9.17) is 4.42 Å². The molecule has 0 aliphatic rings. The zero-order valence-electron chi connectivity index (χ0n) is 14.6. The molecule has 2 N–H and O–H groups in total. The Labute approximate surface area is 159 Å². The number of furan rings is 1. The fourth-order valence-corrected chi connectivity index (χ4v) is 2.26. The summed E-state index contributed by atoms with van der Waals surface area (Å²) >= 11 is 0. The van der Waals surface area contributed by atoms with E-state index < -0.39 is 5.60 Å². The van der Waals surface area contributed by atoms with Crippen LogP contribution in [0, 0.1) is 0 Å². The van der Waals surface area contributed by atoms with Crippen molar-refractivity contribution in [2.75, 3.05) is 20.1 Å². The topological polar surface area (TPSA) is 78.8 Å². The van der Waals surface area contributed by atoms with Gasteiger partial charge >= 0.3 is 0 Å². The van der Waals surface area contributed by atoms with Crippen molar-refractivity contribution < 1.29 is 9.52 Å². The molecule has 7 nitrogen and oxygen atoms in total. The molecule has 0 aromatic carbocycles. The van der Waals surface area contributed by atoms with E-state index in [1.165, 1.54) is 0 Å². The highest BCUT2D eigenvalue weighted by molar-refractivity contribution is 14.0. The van der Waals surface area contributed by atoms with Crippen LogP contribution >= 0.6 is 24.0 Å². The maximum Gasteiger partial charge on any atom is 0.194 e. The predicted molar refractivity (Wildman–Crippen MR) is 104 cm³/mol. The second-order valence-electron chi connectivity index (χ2n) is 5.80. The van der Waals surface area contributed by atoms with Gasteiger partial charge in [-0.05, 0) is 26.0 Å². The van der Waals surface area contributed by atoms with Crippen LogP contribution in [0.1, 0.15) is 25.2 Å². The first-order valence-corrected chi connectivity index (χ1v) is 7.65. The molecule has 24 heavy (non-hydrogen) atoms. The summed E-state index contributed by atoms with van der Waals surface area (Å²) in [7, 11) is 3.85. The summed E-state index contributed by atoms with van der Waals surface area (Å²) < 4.78 is 7.06. The van der Waals surface area contributed by atoms with E-state index in [2.05, 4.69) is 15.4 Å². The fourth-order valence-electron chi connectivity index (χ4n) is 2.26. The Morgan fingerprint density at radius 2 is 2.29 bits per heavy atom. The lowest BCUT2D eigenvalue weighted by atomic mass is 10.0. The smallest absolute Gasteiger partial charge is 0.194 e. The van der Waals surface area contributed by atoms with E-state index in [1.807, 2.05) is 38.3 Å². The Morgan fingerprint density at radius 3 is 2.83 bits per heavy atom. The maximum atomic E-state index is 10.5. The Hall–Kier alpha value is -1.55. The second kappa shape index (κ2) is 9.07. The standard InChI is InChI=1S/C16H25N5O2.HI/c1-5-17-15(20(3)10-13-9-19-21(4)11-13)18-12-16(2,22)14-7-6-8-23-14;/h6-9,11,22H,5,10,12H2,1-4H3,(H,17,18);1H. The van der Waals surface area contributed by atoms with Gasteiger partial charge in [-0.1, -0.05) is 0 Å². The normalized spacial score (nSPS) is 14.0. The summed E-state index contributed by atoms with van der Waals surface area (Å²) in [5, 5.41) is 17.9. The van der Waals surface area contributed by atoms with Crippen LogP contribution in [0.5, 0.6) is 0 Å². The number of nitrogens with one attached hydrogen (secondary N) is 1. The number of hydrogen-bond donors (Lipinski definition) is 2. The van der Waals surface area contributed by atoms with Crippen molar-refractivity contribution in [3.8, 4) is 0 Å². The molecule has 0 fully saturated rings. The van der Waals surface area contributed by atoms with Crippen molar-refractivity contribution in [3.05, 3.63) is 42.1 Å². The van der Waals surface area contributed by atoms with Crippen LogP contribution in [0.25, 0.3) is 0 Å². The Bertz CT molecular complexity index is 637. The van der Waals surface area contributed by atoms with Gasteiger partial charge in [0.1, 0.15) is 11.4 Å². The van der Waals surface area contributed by atoms with Gasteiger partial charge in [-0.3, -0.25) is 4.68 Å². The molecule has 0 amide bonds. The summed E-state index contributed by atoms with van der Waals surface area (Å²) in [6.07, 6.45) is 5.35. The molecule has 0 aliphatic carbocycles. The number of hydrogen-bond acceptors (Lipinski definition) is 4. The number of rotatable bonds is 6. The quantitative estimate of drug-likeness (QED) is 0.402. The first-order chi connectivity index (χ1) is 10.9. The van der Waals surface area contributed by atoms with E-state index >= 15 is 0 Å². The average Bonchev–Trinajstić information content (AvgIpc) is 3.15. The molecule has 2 aromatic heterocycles. The lowest BCUT2D eigenvalue weighted by Crippen LogP contribution is -2.39. The molecule has 0 saturated carbocycles. The summed E-state index contributed by atoms with van der Waals surface area (Å²) in [5.74, 6) is 1.23. The third kappa shape index (κ3) is 5.52. The van der Waals surface area contributed by atoms with E-state index in [0.29, 0.717) is 12.3 Å². The highest BCUT2D eigenvalue weighted by Gasteiger charge is 2.26. The van der Waals surface area contributed by atoms with Gasteiger partial charge in [0.25, 0.3) is 0 Å². The molecule has 0 spiro atoms. The highest BCUT2D eigenvalue weighted by atomic mass is 127. The van der Waals surface area contributed by atoms with Gasteiger partial charge in [0.05, 0.1) is 19.0 Å². The molecule has 0 aliphatic heterocycles. The summed E-state index contributed by atoms with van der Waals surface area (Å²) in [6, 6.07) is 3.51. The molecule has 2 rings (SSSR count). The van der Waals surface area contributed by atoms with Gasteiger partial charge in [-0.2, -0.15) is 5.10 Å². The van der Waals surface area contributed by atoms with E-state index in [9.17, 15) is 5.11 Å². The summed E-state index contributed by atoms with van der Waals surface area (Å²) in [4.78, 5) is 6.54. The second-order valence-corrected chi connectivity index (χ2v) is 5.80. The number of aliphatic hydroxyl groups is 1. The molecule has 0 radical (unpaired) electrons. The number of aryl methyl sites for hydroxylation is 1. The van der Waals surface area contributed by atoms with Crippen LogP contribution in [0.4, 0.5) is 0 Å². The molecule has 2 aromatic rings. The van der Waals surface area contributed by atoms with E-state index in [0.717, 1.165) is 18.1 Å². The van der Waals surface area contributed by atoms with E-state index in [1.54, 1.807) is 30.0 Å². The molecular weight excluding hydrogens is 421 g/mol. The monoisotopic (exact) mass is 447 g/mol. The summed E-state index contributed by atoms with van der Waals surface area (Å²) in [5.41, 5.74) is -0.0438. The molecule has 8 heteroatoms. The zero-order valence-corrected chi connectivity index (χ0v) is 16.9. The molecule has 0 saturated heterocycles. The van der Waals surface area contributed by atoms with Gasteiger partial charge in [0.15, 0.2) is 5.96 Å². The van der Waals surface area contributed by atoms with Crippen LogP contribution in [0.2, 0.25) is 0 Å². The van der Waals surface area contributed by atoms with Gasteiger partial charge in [0, 0.05) is 38.9 Å². The van der Waals surface area contributed by atoms with Crippen LogP contribution in [-0.4, -0.2) is 45.9 Å². The third-order valence-electron chi connectivity index (χ3n) is 3.46. The average molecular weight is 447 g/mol. The van der Waals surface area contributed by atoms with Gasteiger partial charge < -0.3 is 19.7 Å². The van der Waals surface area contributed by atoms with E-state index in [-0.39, 0.29) is 30.5 Å². The molecule has 1 unspecified atom stereocenters. The third-order valence-corrected chi connectivity index (χ3v) is 3.46. The maximum absolute atomic E-state index is 10.5. The number of nitrogens with zero attached hydrogens (tertiary/aromatic N) is 4. The first-order valence-electron chi connectivity index (χ1n) is 7.65. The number of guanidine groups is 1. The van der Waals surface area contributed by atoms with Gasteiger partial charge in [0.2, 0.25) is 0 Å². The number of aliphatic imine (C=N–C) groups is 1. The van der Waals surface area contributed by atoms with Crippen molar-refractivity contribution in [2.45, 2.75) is 26.0 Å². The first kappa shape index (κ1) is 20.5. The molecular formula is C16H26IN5O2. The minimum Gasteiger partial charge on any atom is -0.466 e. The van der Waals surface area contributed by atoms with Crippen LogP contribution in [0.15, 0.2) is 40.2 Å². The minimum absolute atomic E-state index is 0. The Balaban J connectivity index is 0.00000288. The largest absolute Gasteiger partial charge is 0.466 e. The van der Waals surface area contributed by atoms with Gasteiger partial charge in [-0.15, -0.1) is 24.0 Å². The lowest BCUT2D eigenvalue weighted by Gasteiger charge is -2.24. The lowest BCUT2D eigenvalue weighted by molar-refractivity contribution is 0.0435.